The van der Waals surface area contributed by atoms with Crippen molar-refractivity contribution < 1.29 is 9.53 Å². The van der Waals surface area contributed by atoms with Crippen LogP contribution in [-0.4, -0.2) is 28.9 Å². The Labute approximate surface area is 111 Å². The van der Waals surface area contributed by atoms with Crippen LogP contribution in [0.25, 0.3) is 5.65 Å². The minimum atomic E-state index is 0.182. The third-order valence-electron chi connectivity index (χ3n) is 3.35. The highest BCUT2D eigenvalue weighted by Gasteiger charge is 2.29. The van der Waals surface area contributed by atoms with Crippen LogP contribution in [0.15, 0.2) is 24.5 Å². The highest BCUT2D eigenvalue weighted by molar-refractivity contribution is 5.80. The average Bonchev–Trinajstić information content (AvgIpc) is 3.18. The van der Waals surface area contributed by atoms with Gasteiger partial charge in [0.1, 0.15) is 0 Å². The number of hydrogen-bond acceptors (Lipinski definition) is 3. The Kier molecular flexibility index (Phi) is 3.11. The highest BCUT2D eigenvalue weighted by Crippen LogP contribution is 2.28. The van der Waals surface area contributed by atoms with Gasteiger partial charge in [-0.2, -0.15) is 0 Å². The Morgan fingerprint density at radius 3 is 3.16 bits per heavy atom. The smallest absolute Gasteiger partial charge is 0.223 e. The lowest BCUT2D eigenvalue weighted by molar-refractivity contribution is -0.122. The molecular formula is C14H17N3O2. The summed E-state index contributed by atoms with van der Waals surface area (Å²) in [6.45, 7) is 0.640. The zero-order valence-corrected chi connectivity index (χ0v) is 10.9. The van der Waals surface area contributed by atoms with Crippen LogP contribution in [0, 0.1) is 5.92 Å². The number of aromatic nitrogens is 2. The number of nitrogens with one attached hydrogen (secondary N) is 1. The maximum atomic E-state index is 11.5. The van der Waals surface area contributed by atoms with Gasteiger partial charge in [0.25, 0.3) is 0 Å². The van der Waals surface area contributed by atoms with E-state index in [1.165, 1.54) is 0 Å². The van der Waals surface area contributed by atoms with Crippen LogP contribution in [0.4, 0.5) is 0 Å². The van der Waals surface area contributed by atoms with Gasteiger partial charge in [0, 0.05) is 31.3 Å². The van der Waals surface area contributed by atoms with E-state index in [2.05, 4.69) is 10.3 Å². The molecule has 0 radical (unpaired) electrons. The summed E-state index contributed by atoms with van der Waals surface area (Å²) in [7, 11) is 1.64. The summed E-state index contributed by atoms with van der Waals surface area (Å²) in [6, 6.07) is 3.81. The fraction of sp³-hybridized carbons (Fsp3) is 0.429. The Bertz CT molecular complexity index is 602. The van der Waals surface area contributed by atoms with Crippen molar-refractivity contribution in [3.8, 4) is 5.75 Å². The molecule has 1 fully saturated rings. The molecule has 0 unspecified atom stereocenters. The first-order valence-electron chi connectivity index (χ1n) is 6.56. The minimum Gasteiger partial charge on any atom is -0.493 e. The molecule has 5 nitrogen and oxygen atoms in total. The van der Waals surface area contributed by atoms with Crippen molar-refractivity contribution in [2.24, 2.45) is 5.92 Å². The Balaban J connectivity index is 1.66. The lowest BCUT2D eigenvalue weighted by atomic mass is 10.3. The van der Waals surface area contributed by atoms with Crippen LogP contribution < -0.4 is 10.1 Å². The van der Waals surface area contributed by atoms with Crippen molar-refractivity contribution in [1.29, 1.82) is 0 Å². The first-order chi connectivity index (χ1) is 9.28. The van der Waals surface area contributed by atoms with E-state index in [-0.39, 0.29) is 11.8 Å². The van der Waals surface area contributed by atoms with Crippen LogP contribution in [-0.2, 0) is 11.2 Å². The van der Waals surface area contributed by atoms with E-state index < -0.39 is 0 Å². The monoisotopic (exact) mass is 259 g/mol. The molecule has 0 spiro atoms. The van der Waals surface area contributed by atoms with Gasteiger partial charge in [-0.15, -0.1) is 0 Å². The van der Waals surface area contributed by atoms with Gasteiger partial charge in [-0.05, 0) is 25.0 Å². The van der Waals surface area contributed by atoms with E-state index in [0.717, 1.165) is 36.4 Å². The fourth-order valence-corrected chi connectivity index (χ4v) is 2.12. The number of rotatable bonds is 5. The number of ether oxygens (including phenoxy) is 1. The maximum Gasteiger partial charge on any atom is 0.223 e. The van der Waals surface area contributed by atoms with Crippen molar-refractivity contribution >= 4 is 11.6 Å². The SMILES string of the molecule is COc1cccn2cc(CCNC(=O)C3CC3)nc12. The molecule has 1 N–H and O–H groups in total. The summed E-state index contributed by atoms with van der Waals surface area (Å²) >= 11 is 0. The number of amides is 1. The Morgan fingerprint density at radius 2 is 2.42 bits per heavy atom. The first kappa shape index (κ1) is 12.0. The summed E-state index contributed by atoms with van der Waals surface area (Å²) in [6.07, 6.45) is 6.73. The highest BCUT2D eigenvalue weighted by atomic mass is 16.5. The topological polar surface area (TPSA) is 55.6 Å². The number of carbonyl (C=O) groups excluding carboxylic acids is 1. The molecule has 0 bridgehead atoms. The van der Waals surface area contributed by atoms with Crippen molar-refractivity contribution in [2.45, 2.75) is 19.3 Å². The normalized spacial score (nSPS) is 14.6. The van der Waals surface area contributed by atoms with Gasteiger partial charge in [-0.25, -0.2) is 4.98 Å². The quantitative estimate of drug-likeness (QED) is 0.883. The molecule has 19 heavy (non-hydrogen) atoms. The van der Waals surface area contributed by atoms with Gasteiger partial charge < -0.3 is 14.5 Å². The number of pyridine rings is 1. The predicted octanol–water partition coefficient (Wildman–Crippen LogP) is 1.41. The number of nitrogens with zero attached hydrogens (tertiary/aromatic N) is 2. The molecule has 2 heterocycles. The third kappa shape index (κ3) is 2.54. The molecule has 1 amide bonds. The summed E-state index contributed by atoms with van der Waals surface area (Å²) in [5.41, 5.74) is 1.77. The lowest BCUT2D eigenvalue weighted by Crippen LogP contribution is -2.26. The van der Waals surface area contributed by atoms with E-state index >= 15 is 0 Å². The molecule has 1 aliphatic rings. The molecule has 0 atom stereocenters. The van der Waals surface area contributed by atoms with Gasteiger partial charge in [-0.3, -0.25) is 4.79 Å². The minimum absolute atomic E-state index is 0.182. The van der Waals surface area contributed by atoms with Crippen LogP contribution in [0.2, 0.25) is 0 Å². The lowest BCUT2D eigenvalue weighted by Gasteiger charge is -2.01. The number of imidazole rings is 1. The zero-order valence-electron chi connectivity index (χ0n) is 10.9. The molecule has 2 aromatic rings. The molecule has 0 aliphatic heterocycles. The summed E-state index contributed by atoms with van der Waals surface area (Å²) in [5.74, 6) is 1.21. The van der Waals surface area contributed by atoms with Gasteiger partial charge in [0.05, 0.1) is 12.8 Å². The van der Waals surface area contributed by atoms with Crippen molar-refractivity contribution in [3.63, 3.8) is 0 Å². The standard InChI is InChI=1S/C14H17N3O2/c1-19-12-3-2-8-17-9-11(16-13(12)17)6-7-15-14(18)10-4-5-10/h2-3,8-10H,4-7H2,1H3,(H,15,18). The number of hydrogen-bond donors (Lipinski definition) is 1. The molecule has 100 valence electrons. The van der Waals surface area contributed by atoms with Gasteiger partial charge in [0.15, 0.2) is 11.4 Å². The molecule has 0 saturated heterocycles. The second-order valence-corrected chi connectivity index (χ2v) is 4.85. The van der Waals surface area contributed by atoms with Crippen LogP contribution in [0.1, 0.15) is 18.5 Å². The van der Waals surface area contributed by atoms with E-state index in [9.17, 15) is 4.79 Å². The second-order valence-electron chi connectivity index (χ2n) is 4.85. The molecule has 1 aliphatic carbocycles. The van der Waals surface area contributed by atoms with E-state index in [0.29, 0.717) is 6.54 Å². The van der Waals surface area contributed by atoms with Crippen LogP contribution in [0.3, 0.4) is 0 Å². The fourth-order valence-electron chi connectivity index (χ4n) is 2.12. The maximum absolute atomic E-state index is 11.5. The predicted molar refractivity (Wildman–Crippen MR) is 71.2 cm³/mol. The molecule has 0 aromatic carbocycles. The summed E-state index contributed by atoms with van der Waals surface area (Å²) in [5, 5.41) is 2.95. The summed E-state index contributed by atoms with van der Waals surface area (Å²) in [4.78, 5) is 16.0. The van der Waals surface area contributed by atoms with Gasteiger partial charge in [0.2, 0.25) is 5.91 Å². The number of carbonyl (C=O) groups is 1. The second kappa shape index (κ2) is 4.91. The molecule has 2 aromatic heterocycles. The molecular weight excluding hydrogens is 242 g/mol. The first-order valence-corrected chi connectivity index (χ1v) is 6.56. The molecule has 5 heteroatoms. The van der Waals surface area contributed by atoms with Gasteiger partial charge in [-0.1, -0.05) is 0 Å². The summed E-state index contributed by atoms with van der Waals surface area (Å²) < 4.78 is 7.21. The molecule has 3 rings (SSSR count). The van der Waals surface area contributed by atoms with Crippen LogP contribution >= 0.6 is 0 Å². The largest absolute Gasteiger partial charge is 0.493 e. The average molecular weight is 259 g/mol. The van der Waals surface area contributed by atoms with E-state index in [1.54, 1.807) is 7.11 Å². The van der Waals surface area contributed by atoms with Crippen molar-refractivity contribution in [3.05, 3.63) is 30.2 Å². The Morgan fingerprint density at radius 1 is 1.58 bits per heavy atom. The van der Waals surface area contributed by atoms with Crippen molar-refractivity contribution in [1.82, 2.24) is 14.7 Å². The van der Waals surface area contributed by atoms with E-state index in [4.69, 9.17) is 4.74 Å². The van der Waals surface area contributed by atoms with Gasteiger partial charge >= 0.3 is 0 Å². The van der Waals surface area contributed by atoms with E-state index in [1.807, 2.05) is 28.9 Å². The Hall–Kier alpha value is -2.04. The number of fused-ring (bicyclic) bond motifs is 1. The molecule has 1 saturated carbocycles. The number of methoxy groups -OCH3 is 1. The third-order valence-corrected chi connectivity index (χ3v) is 3.35. The zero-order chi connectivity index (χ0) is 13.2. The van der Waals surface area contributed by atoms with Crippen LogP contribution in [0.5, 0.6) is 5.75 Å². The van der Waals surface area contributed by atoms with Crippen molar-refractivity contribution in [2.75, 3.05) is 13.7 Å².